The van der Waals surface area contributed by atoms with Gasteiger partial charge in [0, 0.05) is 11.1 Å². The van der Waals surface area contributed by atoms with Crippen LogP contribution in [0.15, 0.2) is 83.2 Å². The van der Waals surface area contributed by atoms with Crippen molar-refractivity contribution in [3.63, 3.8) is 0 Å². The van der Waals surface area contributed by atoms with Gasteiger partial charge in [0.25, 0.3) is 0 Å². The van der Waals surface area contributed by atoms with E-state index in [1.165, 1.54) is 6.26 Å². The number of carbonyl (C=O) groups is 2. The van der Waals surface area contributed by atoms with Gasteiger partial charge >= 0.3 is 0 Å². The predicted octanol–water partition coefficient (Wildman–Crippen LogP) is 4.29. The van der Waals surface area contributed by atoms with Gasteiger partial charge in [-0.25, -0.2) is 0 Å². The molecular weight excluding hydrogens is 316 g/mol. The number of hydrogen-bond acceptors (Lipinski definition) is 4. The Hall–Kier alpha value is -3.40. The van der Waals surface area contributed by atoms with Crippen molar-refractivity contribution in [1.29, 1.82) is 0 Å². The minimum absolute atomic E-state index is 0.0301. The van der Waals surface area contributed by atoms with E-state index in [-0.39, 0.29) is 29.5 Å². The maximum Gasteiger partial charge on any atom is 0.229 e. The zero-order valence-electron chi connectivity index (χ0n) is 13.3. The summed E-state index contributed by atoms with van der Waals surface area (Å²) in [7, 11) is 0. The number of ketones is 2. The first-order valence-electron chi connectivity index (χ1n) is 7.89. The lowest BCUT2D eigenvalue weighted by atomic mass is 9.87. The molecular formula is C21H14O4. The van der Waals surface area contributed by atoms with Crippen LogP contribution in [0.25, 0.3) is 5.57 Å². The first kappa shape index (κ1) is 15.1. The molecule has 0 saturated carbocycles. The smallest absolute Gasteiger partial charge is 0.229 e. The fraction of sp³-hybridized carbons (Fsp3) is 0.0476. The Kier molecular flexibility index (Phi) is 3.78. The Morgan fingerprint density at radius 2 is 1.44 bits per heavy atom. The minimum Gasteiger partial charge on any atom is -0.484 e. The minimum atomic E-state index is -0.308. The zero-order valence-corrected chi connectivity index (χ0v) is 13.3. The molecule has 2 aromatic carbocycles. The topological polar surface area (TPSA) is 56.5 Å². The van der Waals surface area contributed by atoms with Crippen molar-refractivity contribution in [2.75, 3.05) is 0 Å². The van der Waals surface area contributed by atoms with E-state index in [2.05, 4.69) is 0 Å². The first-order valence-corrected chi connectivity index (χ1v) is 7.89. The summed E-state index contributed by atoms with van der Waals surface area (Å²) in [5, 5.41) is 0. The molecule has 0 unspecified atom stereocenters. The lowest BCUT2D eigenvalue weighted by Crippen LogP contribution is -2.22. The van der Waals surface area contributed by atoms with E-state index in [4.69, 9.17) is 9.15 Å². The van der Waals surface area contributed by atoms with Crippen LogP contribution in [0.1, 0.15) is 32.0 Å². The molecule has 1 aliphatic rings. The Bertz CT molecular complexity index is 966. The Morgan fingerprint density at radius 3 is 2.12 bits per heavy atom. The molecule has 0 radical (unpaired) electrons. The molecule has 4 rings (SSSR count). The number of rotatable bonds is 4. The molecule has 0 spiro atoms. The molecule has 0 fully saturated rings. The van der Waals surface area contributed by atoms with Crippen LogP contribution in [-0.2, 0) is 11.3 Å². The van der Waals surface area contributed by atoms with Gasteiger partial charge in [-0.05, 0) is 17.7 Å². The standard InChI is InChI=1S/C21H14O4/c22-19-15-9-4-5-10-16(15)20(23)21(18(19)17-11-6-12-24-17)25-13-14-7-2-1-3-8-14/h1-12H,13H2. The number of ether oxygens (including phenoxy) is 1. The van der Waals surface area contributed by atoms with Gasteiger partial charge in [-0.3, -0.25) is 9.59 Å². The molecule has 1 aliphatic carbocycles. The van der Waals surface area contributed by atoms with E-state index < -0.39 is 0 Å². The van der Waals surface area contributed by atoms with Crippen molar-refractivity contribution in [1.82, 2.24) is 0 Å². The van der Waals surface area contributed by atoms with Gasteiger partial charge < -0.3 is 9.15 Å². The number of hydrogen-bond donors (Lipinski definition) is 0. The van der Waals surface area contributed by atoms with Crippen molar-refractivity contribution >= 4 is 17.1 Å². The summed E-state index contributed by atoms with van der Waals surface area (Å²) >= 11 is 0. The summed E-state index contributed by atoms with van der Waals surface area (Å²) in [5.41, 5.74) is 1.80. The molecule has 4 heteroatoms. The quantitative estimate of drug-likeness (QED) is 0.716. The third kappa shape index (κ3) is 2.68. The molecule has 0 saturated heterocycles. The Labute approximate surface area is 144 Å². The highest BCUT2D eigenvalue weighted by Crippen LogP contribution is 2.33. The number of furan rings is 1. The molecule has 0 N–H and O–H groups in total. The van der Waals surface area contributed by atoms with Gasteiger partial charge in [-0.2, -0.15) is 0 Å². The van der Waals surface area contributed by atoms with Crippen molar-refractivity contribution in [2.24, 2.45) is 0 Å². The van der Waals surface area contributed by atoms with Gasteiger partial charge in [-0.1, -0.05) is 54.6 Å². The molecule has 0 bridgehead atoms. The van der Waals surface area contributed by atoms with Gasteiger partial charge in [0.2, 0.25) is 11.6 Å². The fourth-order valence-corrected chi connectivity index (χ4v) is 2.86. The monoisotopic (exact) mass is 330 g/mol. The average molecular weight is 330 g/mol. The Balaban J connectivity index is 1.79. The van der Waals surface area contributed by atoms with Crippen LogP contribution in [0.2, 0.25) is 0 Å². The average Bonchev–Trinajstić information content (AvgIpc) is 3.18. The summed E-state index contributed by atoms with van der Waals surface area (Å²) in [4.78, 5) is 25.8. The van der Waals surface area contributed by atoms with E-state index in [9.17, 15) is 9.59 Å². The largest absolute Gasteiger partial charge is 0.484 e. The van der Waals surface area contributed by atoms with Crippen LogP contribution in [0.4, 0.5) is 0 Å². The SMILES string of the molecule is O=C1C(OCc2ccccc2)=C(c2ccco2)C(=O)c2ccccc21. The number of Topliss-reactive ketones (excluding diaryl/α,β-unsaturated/α-hetero) is 2. The lowest BCUT2D eigenvalue weighted by Gasteiger charge is -2.20. The second-order valence-corrected chi connectivity index (χ2v) is 5.66. The highest BCUT2D eigenvalue weighted by molar-refractivity contribution is 6.39. The van der Waals surface area contributed by atoms with E-state index in [1.54, 1.807) is 36.4 Å². The van der Waals surface area contributed by atoms with Gasteiger partial charge in [-0.15, -0.1) is 0 Å². The Morgan fingerprint density at radius 1 is 0.760 bits per heavy atom. The van der Waals surface area contributed by atoms with Crippen molar-refractivity contribution in [3.8, 4) is 0 Å². The normalized spacial score (nSPS) is 13.8. The molecule has 4 nitrogen and oxygen atoms in total. The van der Waals surface area contributed by atoms with E-state index in [0.29, 0.717) is 16.9 Å². The molecule has 0 aliphatic heterocycles. The fourth-order valence-electron chi connectivity index (χ4n) is 2.86. The van der Waals surface area contributed by atoms with Gasteiger partial charge in [0.15, 0.2) is 5.76 Å². The second kappa shape index (κ2) is 6.24. The summed E-state index contributed by atoms with van der Waals surface area (Å²) in [5.74, 6) is -0.218. The summed E-state index contributed by atoms with van der Waals surface area (Å²) < 4.78 is 11.2. The molecule has 0 amide bonds. The number of benzene rings is 2. The van der Waals surface area contributed by atoms with Crippen molar-refractivity contribution in [3.05, 3.63) is 101 Å². The molecule has 3 aromatic rings. The summed E-state index contributed by atoms with van der Waals surface area (Å²) in [6, 6.07) is 19.6. The zero-order chi connectivity index (χ0) is 17.2. The predicted molar refractivity (Wildman–Crippen MR) is 92.0 cm³/mol. The van der Waals surface area contributed by atoms with E-state index in [1.807, 2.05) is 30.3 Å². The van der Waals surface area contributed by atoms with Gasteiger partial charge in [0.05, 0.1) is 6.26 Å². The van der Waals surface area contributed by atoms with Gasteiger partial charge in [0.1, 0.15) is 17.9 Å². The first-order chi connectivity index (χ1) is 12.3. The third-order valence-electron chi connectivity index (χ3n) is 4.07. The second-order valence-electron chi connectivity index (χ2n) is 5.66. The maximum absolute atomic E-state index is 12.9. The van der Waals surface area contributed by atoms with Crippen LogP contribution in [0.5, 0.6) is 0 Å². The number of fused-ring (bicyclic) bond motifs is 1. The maximum atomic E-state index is 12.9. The molecule has 0 atom stereocenters. The van der Waals surface area contributed by atoms with Crippen LogP contribution in [-0.4, -0.2) is 11.6 Å². The highest BCUT2D eigenvalue weighted by Gasteiger charge is 2.35. The third-order valence-corrected chi connectivity index (χ3v) is 4.07. The van der Waals surface area contributed by atoms with Crippen LogP contribution in [0.3, 0.4) is 0 Å². The van der Waals surface area contributed by atoms with Crippen LogP contribution >= 0.6 is 0 Å². The number of allylic oxidation sites excluding steroid dienone is 2. The van der Waals surface area contributed by atoms with Crippen molar-refractivity contribution in [2.45, 2.75) is 6.61 Å². The van der Waals surface area contributed by atoms with Crippen LogP contribution in [0, 0.1) is 0 Å². The van der Waals surface area contributed by atoms with E-state index in [0.717, 1.165) is 5.56 Å². The number of carbonyl (C=O) groups excluding carboxylic acids is 2. The summed E-state index contributed by atoms with van der Waals surface area (Å²) in [6.07, 6.45) is 1.47. The molecule has 1 aromatic heterocycles. The molecule has 1 heterocycles. The lowest BCUT2D eigenvalue weighted by molar-refractivity contribution is 0.0878. The highest BCUT2D eigenvalue weighted by atomic mass is 16.5. The van der Waals surface area contributed by atoms with Crippen molar-refractivity contribution < 1.29 is 18.7 Å². The molecule has 122 valence electrons. The molecule has 25 heavy (non-hydrogen) atoms. The van der Waals surface area contributed by atoms with Crippen LogP contribution < -0.4 is 0 Å². The summed E-state index contributed by atoms with van der Waals surface area (Å²) in [6.45, 7) is 0.196. The van der Waals surface area contributed by atoms with E-state index >= 15 is 0 Å².